The molecule has 2 aliphatic rings. The van der Waals surface area contributed by atoms with Gasteiger partial charge in [0.1, 0.15) is 5.75 Å². The van der Waals surface area contributed by atoms with Gasteiger partial charge in [-0.3, -0.25) is 14.5 Å². The van der Waals surface area contributed by atoms with Crippen molar-refractivity contribution in [2.24, 2.45) is 0 Å². The molecule has 0 radical (unpaired) electrons. The molecule has 0 bridgehead atoms. The molecule has 7 heteroatoms. The number of fused-ring (bicyclic) bond motifs is 1. The van der Waals surface area contributed by atoms with Crippen LogP contribution in [0.25, 0.3) is 10.2 Å². The van der Waals surface area contributed by atoms with Crippen LogP contribution < -0.4 is 9.64 Å². The van der Waals surface area contributed by atoms with Crippen LogP contribution in [0.2, 0.25) is 0 Å². The lowest BCUT2D eigenvalue weighted by Crippen LogP contribution is -2.46. The van der Waals surface area contributed by atoms with Crippen molar-refractivity contribution in [2.45, 2.75) is 31.2 Å². The smallest absolute Gasteiger partial charge is 0.251 e. The molecule has 2 saturated heterocycles. The second-order valence-corrected chi connectivity index (χ2v) is 8.88. The van der Waals surface area contributed by atoms with Crippen molar-refractivity contribution < 1.29 is 14.3 Å². The lowest BCUT2D eigenvalue weighted by molar-refractivity contribution is -0.123. The van der Waals surface area contributed by atoms with Crippen LogP contribution in [0.1, 0.15) is 30.2 Å². The van der Waals surface area contributed by atoms with Gasteiger partial charge < -0.3 is 4.74 Å². The fourth-order valence-corrected chi connectivity index (χ4v) is 5.62. The zero-order valence-electron chi connectivity index (χ0n) is 16.8. The molecule has 3 aromatic rings. The molecule has 0 unspecified atom stereocenters. The topological polar surface area (TPSA) is 62.7 Å². The number of thiazole rings is 1. The average molecular weight is 422 g/mol. The van der Waals surface area contributed by atoms with E-state index in [1.807, 2.05) is 30.3 Å². The number of hydrogen-bond donors (Lipinski definition) is 0. The van der Waals surface area contributed by atoms with Gasteiger partial charge in [-0.05, 0) is 43.7 Å². The quantitative estimate of drug-likeness (QED) is 0.600. The maximum Gasteiger partial charge on any atom is 0.251 e. The highest BCUT2D eigenvalue weighted by molar-refractivity contribution is 7.18. The number of benzene rings is 2. The largest absolute Gasteiger partial charge is 0.495 e. The fraction of sp³-hybridized carbons (Fsp3) is 0.348. The minimum Gasteiger partial charge on any atom is -0.495 e. The minimum absolute atomic E-state index is 0.158. The van der Waals surface area contributed by atoms with Gasteiger partial charge in [0, 0.05) is 12.5 Å². The number of rotatable bonds is 4. The molecule has 2 aromatic carbocycles. The van der Waals surface area contributed by atoms with Crippen molar-refractivity contribution in [2.75, 3.05) is 25.1 Å². The highest BCUT2D eigenvalue weighted by atomic mass is 32.1. The number of carbonyl (C=O) groups is 2. The summed E-state index contributed by atoms with van der Waals surface area (Å²) in [7, 11) is 1.55. The van der Waals surface area contributed by atoms with E-state index in [2.05, 4.69) is 11.0 Å². The number of imide groups is 1. The second kappa shape index (κ2) is 7.81. The van der Waals surface area contributed by atoms with Gasteiger partial charge in [-0.15, -0.1) is 11.3 Å². The molecule has 0 saturated carbocycles. The fourth-order valence-electron chi connectivity index (χ4n) is 4.52. The first-order valence-electron chi connectivity index (χ1n) is 10.2. The Bertz CT molecular complexity index is 1080. The van der Waals surface area contributed by atoms with Gasteiger partial charge >= 0.3 is 0 Å². The molecule has 1 aromatic heterocycles. The van der Waals surface area contributed by atoms with Crippen molar-refractivity contribution in [1.82, 2.24) is 9.88 Å². The van der Waals surface area contributed by atoms with Gasteiger partial charge in [0.25, 0.3) is 5.91 Å². The van der Waals surface area contributed by atoms with Crippen LogP contribution in [0.15, 0.2) is 48.5 Å². The third-order valence-corrected chi connectivity index (χ3v) is 7.20. The van der Waals surface area contributed by atoms with Gasteiger partial charge in [-0.25, -0.2) is 9.88 Å². The van der Waals surface area contributed by atoms with Gasteiger partial charge in [0.2, 0.25) is 5.91 Å². The van der Waals surface area contributed by atoms with E-state index in [0.717, 1.165) is 36.5 Å². The molecule has 2 atom stereocenters. The van der Waals surface area contributed by atoms with E-state index in [1.165, 1.54) is 9.60 Å². The number of likely N-dealkylation sites (tertiary alicyclic amines) is 1. The first-order valence-corrected chi connectivity index (χ1v) is 11.1. The lowest BCUT2D eigenvalue weighted by atomic mass is 9.97. The zero-order chi connectivity index (χ0) is 20.7. The summed E-state index contributed by atoms with van der Waals surface area (Å²) >= 11 is 1.74. The molecule has 154 valence electrons. The lowest BCUT2D eigenvalue weighted by Gasteiger charge is -2.34. The minimum atomic E-state index is -0.417. The van der Waals surface area contributed by atoms with E-state index in [9.17, 15) is 9.59 Å². The Balaban J connectivity index is 1.37. The Morgan fingerprint density at radius 3 is 2.73 bits per heavy atom. The summed E-state index contributed by atoms with van der Waals surface area (Å²) in [5.74, 6) is 0.497. The molecular formula is C23H23N3O3S. The predicted molar refractivity (Wildman–Crippen MR) is 117 cm³/mol. The molecule has 0 aliphatic carbocycles. The van der Waals surface area contributed by atoms with Crippen molar-refractivity contribution >= 4 is 39.1 Å². The Labute approximate surface area is 179 Å². The van der Waals surface area contributed by atoms with Crippen LogP contribution >= 0.6 is 11.3 Å². The molecular weight excluding hydrogens is 398 g/mol. The SMILES string of the molecule is COc1ccccc1N1C(=O)C[C@@H](N2CCC[C@H](c3nc4ccccc4s3)C2)C1=O. The predicted octanol–water partition coefficient (Wildman–Crippen LogP) is 3.82. The van der Waals surface area contributed by atoms with Crippen LogP contribution in [0, 0.1) is 0 Å². The number of para-hydroxylation sites is 3. The van der Waals surface area contributed by atoms with Crippen LogP contribution in [0.3, 0.4) is 0 Å². The van der Waals surface area contributed by atoms with Gasteiger partial charge in [-0.1, -0.05) is 24.3 Å². The maximum absolute atomic E-state index is 13.3. The summed E-state index contributed by atoms with van der Waals surface area (Å²) in [5, 5.41) is 1.12. The standard InChI is InChI=1S/C23H23N3O3S/c1-29-19-10-4-3-9-17(19)26-21(27)13-18(23(26)28)25-12-6-7-15(14-25)22-24-16-8-2-5-11-20(16)30-22/h2-5,8-11,15,18H,6-7,12-14H2,1H3/t15-,18+/m0/s1. The number of methoxy groups -OCH3 is 1. The third-order valence-electron chi connectivity index (χ3n) is 6.00. The highest BCUT2D eigenvalue weighted by Gasteiger charge is 2.44. The summed E-state index contributed by atoms with van der Waals surface area (Å²) in [6.07, 6.45) is 2.26. The maximum atomic E-state index is 13.3. The number of piperidine rings is 1. The van der Waals surface area contributed by atoms with Crippen LogP contribution in [0.4, 0.5) is 5.69 Å². The summed E-state index contributed by atoms with van der Waals surface area (Å²) in [4.78, 5) is 34.4. The van der Waals surface area contributed by atoms with Crippen LogP contribution in [-0.4, -0.2) is 47.9 Å². The number of hydrogen-bond acceptors (Lipinski definition) is 6. The van der Waals surface area contributed by atoms with Gasteiger partial charge in [0.05, 0.1) is 40.5 Å². The monoisotopic (exact) mass is 421 g/mol. The van der Waals surface area contributed by atoms with E-state index >= 15 is 0 Å². The number of nitrogens with zero attached hydrogens (tertiary/aromatic N) is 3. The molecule has 2 fully saturated rings. The van der Waals surface area contributed by atoms with E-state index in [-0.39, 0.29) is 18.2 Å². The number of amides is 2. The zero-order valence-corrected chi connectivity index (χ0v) is 17.6. The first-order chi connectivity index (χ1) is 14.7. The second-order valence-electron chi connectivity index (χ2n) is 7.81. The van der Waals surface area contributed by atoms with Crippen molar-refractivity contribution in [1.29, 1.82) is 0 Å². The Morgan fingerprint density at radius 2 is 1.90 bits per heavy atom. The molecule has 2 amide bonds. The van der Waals surface area contributed by atoms with Crippen molar-refractivity contribution in [3.63, 3.8) is 0 Å². The van der Waals surface area contributed by atoms with E-state index in [1.54, 1.807) is 30.6 Å². The number of carbonyl (C=O) groups excluding carboxylic acids is 2. The van der Waals surface area contributed by atoms with Crippen molar-refractivity contribution in [3.05, 3.63) is 53.5 Å². The molecule has 5 rings (SSSR count). The normalized spacial score (nSPS) is 22.8. The van der Waals surface area contributed by atoms with Crippen LogP contribution in [-0.2, 0) is 9.59 Å². The summed E-state index contributed by atoms with van der Waals surface area (Å²) in [6, 6.07) is 14.9. The van der Waals surface area contributed by atoms with Gasteiger partial charge in [0.15, 0.2) is 0 Å². The highest BCUT2D eigenvalue weighted by Crippen LogP contribution is 2.37. The van der Waals surface area contributed by atoms with Crippen LogP contribution in [0.5, 0.6) is 5.75 Å². The number of anilines is 1. The van der Waals surface area contributed by atoms with E-state index < -0.39 is 6.04 Å². The Kier molecular flexibility index (Phi) is 5.00. The van der Waals surface area contributed by atoms with Crippen molar-refractivity contribution in [3.8, 4) is 5.75 Å². The van der Waals surface area contributed by atoms with E-state index in [0.29, 0.717) is 17.4 Å². The molecule has 30 heavy (non-hydrogen) atoms. The number of ether oxygens (including phenoxy) is 1. The summed E-state index contributed by atoms with van der Waals surface area (Å²) in [6.45, 7) is 1.58. The molecule has 6 nitrogen and oxygen atoms in total. The van der Waals surface area contributed by atoms with Gasteiger partial charge in [-0.2, -0.15) is 0 Å². The summed E-state index contributed by atoms with van der Waals surface area (Å²) in [5.41, 5.74) is 1.56. The number of aromatic nitrogens is 1. The van der Waals surface area contributed by atoms with E-state index in [4.69, 9.17) is 9.72 Å². The average Bonchev–Trinajstić information content (AvgIpc) is 3.34. The third kappa shape index (κ3) is 3.28. The molecule has 0 spiro atoms. The summed E-state index contributed by atoms with van der Waals surface area (Å²) < 4.78 is 6.57. The Hall–Kier alpha value is -2.77. The molecule has 0 N–H and O–H groups in total. The Morgan fingerprint density at radius 1 is 1.10 bits per heavy atom. The molecule has 2 aliphatic heterocycles. The molecule has 3 heterocycles. The first kappa shape index (κ1) is 19.2.